The van der Waals surface area contributed by atoms with Gasteiger partial charge in [-0.1, -0.05) is 60.2 Å². The minimum absolute atomic E-state index is 0.0341. The summed E-state index contributed by atoms with van der Waals surface area (Å²) in [5, 5.41) is 6.61. The lowest BCUT2D eigenvalue weighted by molar-refractivity contribution is -0.138. The van der Waals surface area contributed by atoms with Gasteiger partial charge in [0, 0.05) is 17.7 Å². The van der Waals surface area contributed by atoms with Gasteiger partial charge in [0.15, 0.2) is 5.78 Å². The van der Waals surface area contributed by atoms with Crippen molar-refractivity contribution < 1.29 is 18.0 Å². The molecule has 0 amide bonds. The van der Waals surface area contributed by atoms with Crippen LogP contribution in [-0.2, 0) is 11.0 Å². The number of alkyl halides is 3. The summed E-state index contributed by atoms with van der Waals surface area (Å²) in [5.41, 5.74) is 3.97. The molecule has 3 nitrogen and oxygen atoms in total. The summed E-state index contributed by atoms with van der Waals surface area (Å²) >= 11 is 0. The molecule has 2 atom stereocenters. The second kappa shape index (κ2) is 8.10. The third-order valence-electron chi connectivity index (χ3n) is 6.43. The molecular weight excluding hydrogens is 425 g/mol. The van der Waals surface area contributed by atoms with Gasteiger partial charge in [-0.2, -0.15) is 13.2 Å². The first kappa shape index (κ1) is 21.3. The maximum absolute atomic E-state index is 13.9. The average molecular weight is 448 g/mol. The highest BCUT2D eigenvalue weighted by Crippen LogP contribution is 2.46. The number of hydrogen-bond acceptors (Lipinski definition) is 3. The molecule has 0 radical (unpaired) electrons. The van der Waals surface area contributed by atoms with Gasteiger partial charge in [0.1, 0.15) is 0 Å². The number of allylic oxidation sites excluding steroid dienone is 1. The van der Waals surface area contributed by atoms with E-state index in [0.29, 0.717) is 23.4 Å². The highest BCUT2D eigenvalue weighted by molar-refractivity contribution is 6.01. The molecule has 0 saturated heterocycles. The predicted molar refractivity (Wildman–Crippen MR) is 123 cm³/mol. The first-order valence-corrected chi connectivity index (χ1v) is 10.9. The van der Waals surface area contributed by atoms with Gasteiger partial charge in [-0.15, -0.1) is 0 Å². The first-order chi connectivity index (χ1) is 15.8. The summed E-state index contributed by atoms with van der Waals surface area (Å²) in [5.74, 6) is -0.176. The van der Waals surface area contributed by atoms with Gasteiger partial charge in [-0.3, -0.25) is 4.79 Å². The van der Waals surface area contributed by atoms with Gasteiger partial charge in [-0.25, -0.2) is 0 Å². The van der Waals surface area contributed by atoms with Crippen LogP contribution in [-0.4, -0.2) is 5.78 Å². The lowest BCUT2D eigenvalue weighted by atomic mass is 9.78. The van der Waals surface area contributed by atoms with E-state index in [1.54, 1.807) is 6.07 Å². The van der Waals surface area contributed by atoms with Crippen molar-refractivity contribution in [2.45, 2.75) is 37.9 Å². The van der Waals surface area contributed by atoms with Crippen molar-refractivity contribution in [3.63, 3.8) is 0 Å². The maximum atomic E-state index is 13.9. The molecule has 2 aliphatic rings. The number of Topliss-reactive ketones (excluding diaryl/α,β-unsaturated/α-hetero) is 1. The van der Waals surface area contributed by atoms with Crippen molar-refractivity contribution in [3.8, 4) is 0 Å². The van der Waals surface area contributed by atoms with Crippen LogP contribution in [0.5, 0.6) is 0 Å². The number of aryl methyl sites for hydroxylation is 1. The smallest absolute Gasteiger partial charge is 0.372 e. The van der Waals surface area contributed by atoms with Crippen LogP contribution >= 0.6 is 0 Å². The number of halogens is 3. The lowest BCUT2D eigenvalue weighted by Crippen LogP contribution is -2.28. The monoisotopic (exact) mass is 448 g/mol. The molecular formula is C27H23F3N2O. The number of rotatable bonds is 2. The Balaban J connectivity index is 1.65. The molecule has 0 bridgehead atoms. The Morgan fingerprint density at radius 2 is 1.52 bits per heavy atom. The molecule has 5 rings (SSSR count). The number of fused-ring (bicyclic) bond motifs is 1. The Morgan fingerprint density at radius 3 is 2.24 bits per heavy atom. The summed E-state index contributed by atoms with van der Waals surface area (Å²) in [6.07, 6.45) is -3.72. The summed E-state index contributed by atoms with van der Waals surface area (Å²) < 4.78 is 41.7. The van der Waals surface area contributed by atoms with E-state index < -0.39 is 17.8 Å². The van der Waals surface area contributed by atoms with E-state index in [9.17, 15) is 18.0 Å². The summed E-state index contributed by atoms with van der Waals surface area (Å²) in [6.45, 7) is 2.01. The zero-order valence-electron chi connectivity index (χ0n) is 18.0. The van der Waals surface area contributed by atoms with Gasteiger partial charge in [0.05, 0.1) is 23.0 Å². The Bertz CT molecular complexity index is 1240. The summed E-state index contributed by atoms with van der Waals surface area (Å²) in [6, 6.07) is 20.0. The Morgan fingerprint density at radius 1 is 0.848 bits per heavy atom. The van der Waals surface area contributed by atoms with Crippen LogP contribution in [0.25, 0.3) is 0 Å². The molecule has 2 unspecified atom stereocenters. The third-order valence-corrected chi connectivity index (χ3v) is 6.43. The van der Waals surface area contributed by atoms with E-state index in [0.717, 1.165) is 22.9 Å². The Labute approximate surface area is 190 Å². The van der Waals surface area contributed by atoms with Gasteiger partial charge in [0.2, 0.25) is 0 Å². The van der Waals surface area contributed by atoms with Crippen LogP contribution in [0.1, 0.15) is 47.1 Å². The SMILES string of the molecule is Cc1ccc(C2CC(=O)C3=C(C2)Nc2ccccc2NC3c2ccccc2C(F)(F)F)cc1. The fraction of sp³-hybridized carbons (Fsp3) is 0.222. The molecule has 3 aromatic rings. The number of hydrogen-bond donors (Lipinski definition) is 2. The largest absolute Gasteiger partial charge is 0.416 e. The number of benzene rings is 3. The molecule has 0 fully saturated rings. The summed E-state index contributed by atoms with van der Waals surface area (Å²) in [4.78, 5) is 13.5. The molecule has 1 heterocycles. The molecule has 6 heteroatoms. The molecule has 2 N–H and O–H groups in total. The van der Waals surface area contributed by atoms with Crippen LogP contribution < -0.4 is 10.6 Å². The third kappa shape index (κ3) is 4.01. The van der Waals surface area contributed by atoms with Crippen molar-refractivity contribution in [3.05, 3.63) is 106 Å². The number of nitrogens with one attached hydrogen (secondary N) is 2. The van der Waals surface area contributed by atoms with Crippen LogP contribution in [0.15, 0.2) is 84.1 Å². The zero-order valence-corrected chi connectivity index (χ0v) is 18.0. The van der Waals surface area contributed by atoms with E-state index in [-0.39, 0.29) is 23.7 Å². The topological polar surface area (TPSA) is 41.1 Å². The minimum Gasteiger partial charge on any atom is -0.372 e. The van der Waals surface area contributed by atoms with Crippen LogP contribution in [0.3, 0.4) is 0 Å². The molecule has 0 saturated carbocycles. The number of ketones is 1. The number of para-hydroxylation sites is 2. The lowest BCUT2D eigenvalue weighted by Gasteiger charge is -2.31. The second-order valence-corrected chi connectivity index (χ2v) is 8.66. The van der Waals surface area contributed by atoms with E-state index in [2.05, 4.69) is 10.6 Å². The molecule has 3 aromatic carbocycles. The Kier molecular flexibility index (Phi) is 5.23. The standard InChI is InChI=1S/C27H23F3N2O/c1-16-10-12-17(13-11-16)18-14-23-25(24(33)15-18)26(32-22-9-5-4-8-21(22)31-23)19-6-2-3-7-20(19)27(28,29)30/h2-13,18,26,31-32H,14-15H2,1H3. The van der Waals surface area contributed by atoms with Crippen molar-refractivity contribution >= 4 is 17.2 Å². The molecule has 33 heavy (non-hydrogen) atoms. The van der Waals surface area contributed by atoms with Crippen molar-refractivity contribution in [2.75, 3.05) is 10.6 Å². The van der Waals surface area contributed by atoms with Crippen molar-refractivity contribution in [2.24, 2.45) is 0 Å². The van der Waals surface area contributed by atoms with Gasteiger partial charge in [0.25, 0.3) is 0 Å². The zero-order chi connectivity index (χ0) is 23.2. The summed E-state index contributed by atoms with van der Waals surface area (Å²) in [7, 11) is 0. The van der Waals surface area contributed by atoms with Gasteiger partial charge in [-0.05, 0) is 48.6 Å². The molecule has 1 aliphatic heterocycles. The Hall–Kier alpha value is -3.54. The molecule has 168 valence electrons. The van der Waals surface area contributed by atoms with Gasteiger partial charge < -0.3 is 10.6 Å². The second-order valence-electron chi connectivity index (χ2n) is 8.66. The fourth-order valence-corrected chi connectivity index (χ4v) is 4.81. The molecule has 0 spiro atoms. The first-order valence-electron chi connectivity index (χ1n) is 10.9. The maximum Gasteiger partial charge on any atom is 0.416 e. The van der Waals surface area contributed by atoms with Crippen LogP contribution in [0, 0.1) is 6.92 Å². The number of carbonyl (C=O) groups excluding carboxylic acids is 1. The normalized spacial score (nSPS) is 20.3. The fourth-order valence-electron chi connectivity index (χ4n) is 4.81. The molecule has 0 aromatic heterocycles. The highest BCUT2D eigenvalue weighted by Gasteiger charge is 2.40. The van der Waals surface area contributed by atoms with Crippen molar-refractivity contribution in [1.29, 1.82) is 0 Å². The van der Waals surface area contributed by atoms with E-state index in [1.165, 1.54) is 12.1 Å². The van der Waals surface area contributed by atoms with Crippen LogP contribution in [0.2, 0.25) is 0 Å². The molecule has 1 aliphatic carbocycles. The predicted octanol–water partition coefficient (Wildman–Crippen LogP) is 6.99. The van der Waals surface area contributed by atoms with E-state index in [1.807, 2.05) is 55.5 Å². The van der Waals surface area contributed by atoms with Gasteiger partial charge >= 0.3 is 6.18 Å². The van der Waals surface area contributed by atoms with Crippen molar-refractivity contribution in [1.82, 2.24) is 0 Å². The number of carbonyl (C=O) groups is 1. The van der Waals surface area contributed by atoms with Crippen LogP contribution in [0.4, 0.5) is 24.5 Å². The quantitative estimate of drug-likeness (QED) is 0.444. The minimum atomic E-state index is -4.53. The number of anilines is 2. The average Bonchev–Trinajstić information content (AvgIpc) is 2.96. The van der Waals surface area contributed by atoms with E-state index >= 15 is 0 Å². The highest BCUT2D eigenvalue weighted by atomic mass is 19.4. The van der Waals surface area contributed by atoms with E-state index in [4.69, 9.17) is 0 Å².